The highest BCUT2D eigenvalue weighted by Gasteiger charge is 2.28. The molecule has 3 rings (SSSR count). The van der Waals surface area contributed by atoms with Crippen LogP contribution in [-0.2, 0) is 12.1 Å². The van der Waals surface area contributed by atoms with Crippen molar-refractivity contribution >= 4 is 0 Å². The van der Waals surface area contributed by atoms with Gasteiger partial charge in [0.25, 0.3) is 0 Å². The maximum atomic E-state index is 10.1. The third-order valence-electron chi connectivity index (χ3n) is 3.07. The Morgan fingerprint density at radius 1 is 1.31 bits per heavy atom. The van der Waals surface area contributed by atoms with E-state index in [9.17, 15) is 5.11 Å². The number of aromatic nitrogens is 2. The lowest BCUT2D eigenvalue weighted by atomic mass is 10.1. The van der Waals surface area contributed by atoms with Gasteiger partial charge < -0.3 is 9.67 Å². The fraction of sp³-hybridized carbons (Fsp3) is 0.308. The van der Waals surface area contributed by atoms with Crippen LogP contribution >= 0.6 is 0 Å². The van der Waals surface area contributed by atoms with Crippen molar-refractivity contribution in [2.75, 3.05) is 0 Å². The lowest BCUT2D eigenvalue weighted by Crippen LogP contribution is -2.20. The molecular formula is C13H14N2O. The number of hydrogen-bond donors (Lipinski definition) is 1. The van der Waals surface area contributed by atoms with Gasteiger partial charge in [-0.2, -0.15) is 0 Å². The maximum Gasteiger partial charge on any atom is 0.140 e. The molecule has 2 heterocycles. The normalized spacial score (nSPS) is 13.7. The van der Waals surface area contributed by atoms with E-state index in [1.165, 1.54) is 11.1 Å². The minimum atomic E-state index is -0.840. The van der Waals surface area contributed by atoms with Crippen LogP contribution in [0, 0.1) is 0 Å². The summed E-state index contributed by atoms with van der Waals surface area (Å²) < 4.78 is 2.09. The molecule has 0 spiro atoms. The molecule has 3 heteroatoms. The van der Waals surface area contributed by atoms with Gasteiger partial charge in [0, 0.05) is 5.56 Å². The summed E-state index contributed by atoms with van der Waals surface area (Å²) in [5.41, 5.74) is 2.49. The highest BCUT2D eigenvalue weighted by molar-refractivity contribution is 5.65. The molecule has 16 heavy (non-hydrogen) atoms. The fourth-order valence-electron chi connectivity index (χ4n) is 2.29. The Bertz CT molecular complexity index is 549. The second-order valence-corrected chi connectivity index (χ2v) is 4.77. The Hall–Kier alpha value is -1.61. The molecule has 0 aliphatic carbocycles. The molecule has 0 fully saturated rings. The van der Waals surface area contributed by atoms with Crippen LogP contribution in [0.5, 0.6) is 0 Å². The van der Waals surface area contributed by atoms with Crippen molar-refractivity contribution in [2.45, 2.75) is 26.0 Å². The quantitative estimate of drug-likeness (QED) is 0.674. The van der Waals surface area contributed by atoms with Crippen molar-refractivity contribution in [1.82, 2.24) is 9.55 Å². The molecule has 0 unspecified atom stereocenters. The number of fused-ring (bicyclic) bond motifs is 3. The molecule has 0 radical (unpaired) electrons. The fourth-order valence-corrected chi connectivity index (χ4v) is 2.29. The molecule has 0 saturated carbocycles. The Labute approximate surface area is 94.4 Å². The van der Waals surface area contributed by atoms with Crippen molar-refractivity contribution in [3.05, 3.63) is 41.7 Å². The van der Waals surface area contributed by atoms with Gasteiger partial charge in [0.1, 0.15) is 11.4 Å². The number of hydrogen-bond acceptors (Lipinski definition) is 2. The first kappa shape index (κ1) is 9.60. The van der Waals surface area contributed by atoms with E-state index in [0.29, 0.717) is 0 Å². The van der Waals surface area contributed by atoms with Crippen LogP contribution in [-0.4, -0.2) is 14.7 Å². The smallest absolute Gasteiger partial charge is 0.140 e. The molecule has 1 N–H and O–H groups in total. The van der Waals surface area contributed by atoms with E-state index in [1.807, 2.05) is 12.1 Å². The Balaban J connectivity index is 2.19. The molecular weight excluding hydrogens is 200 g/mol. The van der Waals surface area contributed by atoms with Crippen LogP contribution in [0.15, 0.2) is 30.5 Å². The van der Waals surface area contributed by atoms with Crippen LogP contribution in [0.2, 0.25) is 0 Å². The Morgan fingerprint density at radius 3 is 2.81 bits per heavy atom. The number of benzene rings is 1. The molecule has 0 amide bonds. The first-order valence-electron chi connectivity index (χ1n) is 5.44. The van der Waals surface area contributed by atoms with Crippen molar-refractivity contribution < 1.29 is 5.11 Å². The minimum absolute atomic E-state index is 0.810. The molecule has 1 aliphatic rings. The molecule has 2 aromatic rings. The highest BCUT2D eigenvalue weighted by Crippen LogP contribution is 2.34. The van der Waals surface area contributed by atoms with Gasteiger partial charge in [-0.25, -0.2) is 4.98 Å². The van der Waals surface area contributed by atoms with E-state index in [-0.39, 0.29) is 0 Å². The summed E-state index contributed by atoms with van der Waals surface area (Å²) in [6, 6.07) is 8.25. The van der Waals surface area contributed by atoms with Gasteiger partial charge in [0.2, 0.25) is 0 Å². The van der Waals surface area contributed by atoms with Crippen molar-refractivity contribution in [2.24, 2.45) is 0 Å². The van der Waals surface area contributed by atoms with Crippen LogP contribution < -0.4 is 0 Å². The van der Waals surface area contributed by atoms with E-state index in [1.54, 1.807) is 20.0 Å². The van der Waals surface area contributed by atoms with Gasteiger partial charge in [-0.3, -0.25) is 0 Å². The van der Waals surface area contributed by atoms with Gasteiger partial charge in [-0.15, -0.1) is 0 Å². The molecule has 0 atom stereocenters. The van der Waals surface area contributed by atoms with Gasteiger partial charge in [-0.1, -0.05) is 24.3 Å². The predicted octanol–water partition coefficient (Wildman–Crippen LogP) is 2.14. The van der Waals surface area contributed by atoms with Crippen molar-refractivity contribution in [3.63, 3.8) is 0 Å². The summed E-state index contributed by atoms with van der Waals surface area (Å²) >= 11 is 0. The first-order valence-corrected chi connectivity index (χ1v) is 5.44. The highest BCUT2D eigenvalue weighted by atomic mass is 16.3. The third kappa shape index (κ3) is 1.21. The van der Waals surface area contributed by atoms with E-state index in [2.05, 4.69) is 21.7 Å². The van der Waals surface area contributed by atoms with E-state index in [0.717, 1.165) is 18.1 Å². The lowest BCUT2D eigenvalue weighted by Gasteiger charge is -2.18. The largest absolute Gasteiger partial charge is 0.384 e. The monoisotopic (exact) mass is 214 g/mol. The summed E-state index contributed by atoms with van der Waals surface area (Å²) in [5, 5.41) is 10.1. The number of nitrogens with zero attached hydrogens (tertiary/aromatic N) is 2. The average Bonchev–Trinajstić information content (AvgIpc) is 2.73. The number of aliphatic hydroxyl groups is 1. The SMILES string of the molecule is CC(C)(O)c1cnc2n1Cc1ccccc1-2. The number of rotatable bonds is 1. The van der Waals surface area contributed by atoms with Crippen molar-refractivity contribution in [1.29, 1.82) is 0 Å². The molecule has 0 bridgehead atoms. The predicted molar refractivity (Wildman–Crippen MR) is 62.0 cm³/mol. The van der Waals surface area contributed by atoms with Gasteiger partial charge in [0.15, 0.2) is 0 Å². The molecule has 1 aliphatic heterocycles. The van der Waals surface area contributed by atoms with Crippen molar-refractivity contribution in [3.8, 4) is 11.4 Å². The third-order valence-corrected chi connectivity index (χ3v) is 3.07. The summed E-state index contributed by atoms with van der Waals surface area (Å²) in [4.78, 5) is 4.41. The zero-order valence-electron chi connectivity index (χ0n) is 9.44. The summed E-state index contributed by atoms with van der Waals surface area (Å²) in [7, 11) is 0. The average molecular weight is 214 g/mol. The van der Waals surface area contributed by atoms with E-state index in [4.69, 9.17) is 0 Å². The summed E-state index contributed by atoms with van der Waals surface area (Å²) in [6.45, 7) is 4.39. The molecule has 1 aromatic heterocycles. The second-order valence-electron chi connectivity index (χ2n) is 4.77. The van der Waals surface area contributed by atoms with E-state index < -0.39 is 5.60 Å². The topological polar surface area (TPSA) is 38.1 Å². The van der Waals surface area contributed by atoms with Gasteiger partial charge >= 0.3 is 0 Å². The zero-order chi connectivity index (χ0) is 11.3. The molecule has 0 saturated heterocycles. The molecule has 3 nitrogen and oxygen atoms in total. The van der Waals surface area contributed by atoms with Gasteiger partial charge in [0.05, 0.1) is 18.4 Å². The standard InChI is InChI=1S/C13H14N2O/c1-13(2,16)11-7-14-12-10-6-4-3-5-9(10)8-15(11)12/h3-7,16H,8H2,1-2H3. The second kappa shape index (κ2) is 2.95. The number of imidazole rings is 1. The minimum Gasteiger partial charge on any atom is -0.384 e. The Morgan fingerprint density at radius 2 is 2.06 bits per heavy atom. The van der Waals surface area contributed by atoms with Crippen LogP contribution in [0.3, 0.4) is 0 Å². The zero-order valence-corrected chi connectivity index (χ0v) is 9.44. The molecule has 1 aromatic carbocycles. The van der Waals surface area contributed by atoms with Crippen LogP contribution in [0.25, 0.3) is 11.4 Å². The maximum absolute atomic E-state index is 10.1. The lowest BCUT2D eigenvalue weighted by molar-refractivity contribution is 0.0704. The van der Waals surface area contributed by atoms with Crippen LogP contribution in [0.1, 0.15) is 25.1 Å². The summed E-state index contributed by atoms with van der Waals surface area (Å²) in [6.07, 6.45) is 1.77. The van der Waals surface area contributed by atoms with Crippen LogP contribution in [0.4, 0.5) is 0 Å². The summed E-state index contributed by atoms with van der Waals surface area (Å²) in [5.74, 6) is 0.965. The molecule has 82 valence electrons. The first-order chi connectivity index (χ1) is 7.57. The van der Waals surface area contributed by atoms with E-state index >= 15 is 0 Å². The van der Waals surface area contributed by atoms with Gasteiger partial charge in [-0.05, 0) is 19.4 Å². The Kier molecular flexibility index (Phi) is 1.77.